The number of thiophene rings is 1. The zero-order chi connectivity index (χ0) is 16.2. The van der Waals surface area contributed by atoms with Gasteiger partial charge in [0.25, 0.3) is 0 Å². The second-order valence-electron chi connectivity index (χ2n) is 5.15. The van der Waals surface area contributed by atoms with Crippen LogP contribution in [-0.2, 0) is 11.2 Å². The molecule has 0 saturated carbocycles. The molecular formula is C16H16N4O2S. The normalized spacial score (nSPS) is 10.7. The smallest absolute Gasteiger partial charge is 0.248 e. The van der Waals surface area contributed by atoms with Crippen molar-refractivity contribution < 1.29 is 9.21 Å². The van der Waals surface area contributed by atoms with Crippen molar-refractivity contribution in [1.82, 2.24) is 15.2 Å². The van der Waals surface area contributed by atoms with E-state index < -0.39 is 0 Å². The van der Waals surface area contributed by atoms with Crippen LogP contribution in [0.1, 0.15) is 23.7 Å². The highest BCUT2D eigenvalue weighted by molar-refractivity contribution is 7.08. The molecule has 0 spiro atoms. The third-order valence-corrected chi connectivity index (χ3v) is 3.98. The summed E-state index contributed by atoms with van der Waals surface area (Å²) in [6.07, 6.45) is 0.680. The Hall–Kier alpha value is -2.54. The summed E-state index contributed by atoms with van der Waals surface area (Å²) in [5, 5.41) is 14.7. The molecule has 3 aromatic rings. The predicted octanol–water partition coefficient (Wildman–Crippen LogP) is 3.38. The van der Waals surface area contributed by atoms with Crippen LogP contribution in [-0.4, -0.2) is 21.1 Å². The second kappa shape index (κ2) is 6.70. The first-order valence-corrected chi connectivity index (χ1v) is 8.15. The molecule has 0 bridgehead atoms. The van der Waals surface area contributed by atoms with Gasteiger partial charge in [-0.25, -0.2) is 0 Å². The summed E-state index contributed by atoms with van der Waals surface area (Å²) in [6.45, 7) is 3.78. The molecule has 0 aliphatic heterocycles. The molecule has 7 heteroatoms. The molecule has 3 rings (SSSR count). The number of carbonyl (C=O) groups excluding carboxylic acids is 1. The van der Waals surface area contributed by atoms with Crippen molar-refractivity contribution in [2.75, 3.05) is 5.32 Å². The zero-order valence-electron chi connectivity index (χ0n) is 12.9. The van der Waals surface area contributed by atoms with Crippen LogP contribution < -0.4 is 5.32 Å². The zero-order valence-corrected chi connectivity index (χ0v) is 13.7. The molecule has 0 saturated heterocycles. The molecule has 3 aromatic heterocycles. The largest absolute Gasteiger partial charge is 0.421 e. The minimum atomic E-state index is -0.103. The Morgan fingerprint density at radius 3 is 2.87 bits per heavy atom. The number of amides is 1. The van der Waals surface area contributed by atoms with Gasteiger partial charge < -0.3 is 9.73 Å². The van der Waals surface area contributed by atoms with Crippen molar-refractivity contribution in [3.63, 3.8) is 0 Å². The Kier molecular flexibility index (Phi) is 4.47. The van der Waals surface area contributed by atoms with Crippen LogP contribution in [0, 0.1) is 13.8 Å². The van der Waals surface area contributed by atoms with Gasteiger partial charge in [-0.1, -0.05) is 0 Å². The maximum Gasteiger partial charge on any atom is 0.248 e. The highest BCUT2D eigenvalue weighted by Gasteiger charge is 2.11. The summed E-state index contributed by atoms with van der Waals surface area (Å²) in [6, 6.07) is 5.65. The van der Waals surface area contributed by atoms with Gasteiger partial charge in [0, 0.05) is 29.5 Å². The van der Waals surface area contributed by atoms with Crippen LogP contribution in [0.5, 0.6) is 0 Å². The van der Waals surface area contributed by atoms with E-state index in [9.17, 15) is 4.79 Å². The summed E-state index contributed by atoms with van der Waals surface area (Å²) >= 11 is 1.57. The van der Waals surface area contributed by atoms with Gasteiger partial charge in [-0.3, -0.25) is 9.78 Å². The first-order chi connectivity index (χ1) is 11.1. The molecule has 0 radical (unpaired) electrons. The van der Waals surface area contributed by atoms with E-state index in [1.807, 2.05) is 42.8 Å². The number of nitrogens with zero attached hydrogens (tertiary/aromatic N) is 3. The summed E-state index contributed by atoms with van der Waals surface area (Å²) < 4.78 is 5.56. The average molecular weight is 328 g/mol. The predicted molar refractivity (Wildman–Crippen MR) is 88.3 cm³/mol. The van der Waals surface area contributed by atoms with E-state index in [2.05, 4.69) is 20.5 Å². The van der Waals surface area contributed by atoms with Crippen LogP contribution in [0.2, 0.25) is 0 Å². The number of nitrogens with one attached hydrogen (secondary N) is 1. The molecule has 0 atom stereocenters. The fraction of sp³-hybridized carbons (Fsp3) is 0.250. The number of aryl methyl sites for hydroxylation is 3. The number of carbonyl (C=O) groups is 1. The van der Waals surface area contributed by atoms with E-state index >= 15 is 0 Å². The highest BCUT2D eigenvalue weighted by Crippen LogP contribution is 2.21. The molecule has 0 aliphatic rings. The Balaban J connectivity index is 1.57. The first kappa shape index (κ1) is 15.4. The van der Waals surface area contributed by atoms with Crippen LogP contribution in [0.25, 0.3) is 11.5 Å². The number of anilines is 1. The molecule has 0 aliphatic carbocycles. The number of aromatic nitrogens is 3. The van der Waals surface area contributed by atoms with Gasteiger partial charge in [-0.05, 0) is 37.4 Å². The van der Waals surface area contributed by atoms with Gasteiger partial charge >= 0.3 is 0 Å². The van der Waals surface area contributed by atoms with Gasteiger partial charge in [0.1, 0.15) is 0 Å². The minimum absolute atomic E-state index is 0.103. The fourth-order valence-corrected chi connectivity index (χ4v) is 2.74. The Labute approximate surface area is 137 Å². The van der Waals surface area contributed by atoms with Gasteiger partial charge in [0.05, 0.1) is 11.4 Å². The van der Waals surface area contributed by atoms with Crippen LogP contribution in [0.15, 0.2) is 33.4 Å². The molecule has 1 amide bonds. The van der Waals surface area contributed by atoms with Gasteiger partial charge in [0.15, 0.2) is 0 Å². The molecule has 0 aromatic carbocycles. The van der Waals surface area contributed by atoms with Crippen molar-refractivity contribution >= 4 is 22.9 Å². The Bertz CT molecular complexity index is 811. The summed E-state index contributed by atoms with van der Waals surface area (Å²) in [4.78, 5) is 16.4. The molecule has 6 nitrogen and oxygen atoms in total. The lowest BCUT2D eigenvalue weighted by atomic mass is 10.2. The van der Waals surface area contributed by atoms with E-state index in [1.165, 1.54) is 0 Å². The maximum atomic E-state index is 12.0. The molecule has 118 valence electrons. The second-order valence-corrected chi connectivity index (χ2v) is 5.93. The third kappa shape index (κ3) is 3.81. The molecule has 23 heavy (non-hydrogen) atoms. The lowest BCUT2D eigenvalue weighted by Crippen LogP contribution is -2.13. The summed E-state index contributed by atoms with van der Waals surface area (Å²) in [5.74, 6) is 0.842. The topological polar surface area (TPSA) is 80.9 Å². The number of hydrogen-bond acceptors (Lipinski definition) is 6. The first-order valence-electron chi connectivity index (χ1n) is 7.21. The van der Waals surface area contributed by atoms with Crippen molar-refractivity contribution in [3.05, 3.63) is 46.2 Å². The van der Waals surface area contributed by atoms with Crippen molar-refractivity contribution in [3.8, 4) is 11.5 Å². The maximum absolute atomic E-state index is 12.0. The third-order valence-electron chi connectivity index (χ3n) is 3.30. The standard InChI is InChI=1S/C16H16N4O2S/c1-10-3-4-13(11(2)17-10)18-14(21)5-6-15-19-20-16(22-15)12-7-8-23-9-12/h3-4,7-9H,5-6H2,1-2H3,(H,18,21). The van der Waals surface area contributed by atoms with Gasteiger partial charge in [0.2, 0.25) is 17.7 Å². The van der Waals surface area contributed by atoms with Gasteiger partial charge in [-0.2, -0.15) is 11.3 Å². The monoisotopic (exact) mass is 328 g/mol. The fourth-order valence-electron chi connectivity index (χ4n) is 2.11. The Morgan fingerprint density at radius 1 is 1.26 bits per heavy atom. The average Bonchev–Trinajstić information content (AvgIpc) is 3.18. The van der Waals surface area contributed by atoms with E-state index in [4.69, 9.17) is 4.42 Å². The number of hydrogen-bond donors (Lipinski definition) is 1. The number of rotatable bonds is 5. The molecule has 1 N–H and O–H groups in total. The number of pyridine rings is 1. The summed E-state index contributed by atoms with van der Waals surface area (Å²) in [7, 11) is 0. The molecular weight excluding hydrogens is 312 g/mol. The van der Waals surface area contributed by atoms with Crippen molar-refractivity contribution in [1.29, 1.82) is 0 Å². The molecule has 3 heterocycles. The lowest BCUT2D eigenvalue weighted by Gasteiger charge is -2.07. The van der Waals surface area contributed by atoms with Crippen LogP contribution in [0.4, 0.5) is 5.69 Å². The highest BCUT2D eigenvalue weighted by atomic mass is 32.1. The summed E-state index contributed by atoms with van der Waals surface area (Å²) in [5.41, 5.74) is 3.35. The molecule has 0 unspecified atom stereocenters. The lowest BCUT2D eigenvalue weighted by molar-refractivity contribution is -0.116. The van der Waals surface area contributed by atoms with E-state index in [1.54, 1.807) is 11.3 Å². The Morgan fingerprint density at radius 2 is 2.13 bits per heavy atom. The van der Waals surface area contributed by atoms with Crippen molar-refractivity contribution in [2.45, 2.75) is 26.7 Å². The van der Waals surface area contributed by atoms with Crippen LogP contribution >= 0.6 is 11.3 Å². The SMILES string of the molecule is Cc1ccc(NC(=O)CCc2nnc(-c3ccsc3)o2)c(C)n1. The van der Waals surface area contributed by atoms with E-state index in [0.717, 1.165) is 22.6 Å². The van der Waals surface area contributed by atoms with Crippen molar-refractivity contribution in [2.24, 2.45) is 0 Å². The van der Waals surface area contributed by atoms with E-state index in [0.29, 0.717) is 18.2 Å². The quantitative estimate of drug-likeness (QED) is 0.776. The van der Waals surface area contributed by atoms with Gasteiger partial charge in [-0.15, -0.1) is 10.2 Å². The minimum Gasteiger partial charge on any atom is -0.421 e. The van der Waals surface area contributed by atoms with E-state index in [-0.39, 0.29) is 12.3 Å². The molecule has 0 fully saturated rings. The van der Waals surface area contributed by atoms with Crippen LogP contribution in [0.3, 0.4) is 0 Å².